The van der Waals surface area contributed by atoms with Gasteiger partial charge in [0.05, 0.1) is 18.0 Å². The summed E-state index contributed by atoms with van der Waals surface area (Å²) in [6.07, 6.45) is 7.02. The predicted octanol–water partition coefficient (Wildman–Crippen LogP) is 1.80. The smallest absolute Gasteiger partial charge is 0.223 e. The molecule has 0 amide bonds. The summed E-state index contributed by atoms with van der Waals surface area (Å²) in [6, 6.07) is 7.93. The Balaban J connectivity index is 1.56. The molecule has 2 aromatic rings. The van der Waals surface area contributed by atoms with E-state index in [1.807, 2.05) is 24.3 Å². The summed E-state index contributed by atoms with van der Waals surface area (Å²) in [7, 11) is 0. The fraction of sp³-hybridized carbons (Fsp3) is 0.471. The largest absolute Gasteiger partial charge is 0.395 e. The Hall–Kier alpha value is -2.05. The molecule has 6 nitrogen and oxygen atoms in total. The van der Waals surface area contributed by atoms with Gasteiger partial charge in [0.2, 0.25) is 5.95 Å². The van der Waals surface area contributed by atoms with Crippen LogP contribution in [0.4, 0.5) is 5.95 Å². The number of aromatic nitrogens is 3. The van der Waals surface area contributed by atoms with Gasteiger partial charge in [-0.05, 0) is 37.6 Å². The van der Waals surface area contributed by atoms with Crippen LogP contribution in [0.2, 0.25) is 0 Å². The highest BCUT2D eigenvalue weighted by Gasteiger charge is 2.20. The Morgan fingerprint density at radius 1 is 1.13 bits per heavy atom. The average molecular weight is 313 g/mol. The van der Waals surface area contributed by atoms with E-state index >= 15 is 0 Å². The maximum Gasteiger partial charge on any atom is 0.223 e. The van der Waals surface area contributed by atoms with Gasteiger partial charge in [0.1, 0.15) is 0 Å². The number of hydrogen-bond acceptors (Lipinski definition) is 6. The molecule has 2 N–H and O–H groups in total. The predicted molar refractivity (Wildman–Crippen MR) is 90.1 cm³/mol. The first kappa shape index (κ1) is 15.8. The number of aliphatic hydroxyl groups is 1. The molecular formula is C17H23N5O. The van der Waals surface area contributed by atoms with Gasteiger partial charge in [-0.25, -0.2) is 9.97 Å². The Labute approximate surface area is 136 Å². The lowest BCUT2D eigenvalue weighted by Crippen LogP contribution is -2.44. The summed E-state index contributed by atoms with van der Waals surface area (Å²) in [5, 5.41) is 12.7. The number of aliphatic hydroxyl groups excluding tert-OH is 1. The third-order valence-corrected chi connectivity index (χ3v) is 4.22. The number of piperidine rings is 1. The Morgan fingerprint density at radius 3 is 2.91 bits per heavy atom. The van der Waals surface area contributed by atoms with Crippen molar-refractivity contribution < 1.29 is 5.11 Å². The molecule has 0 spiro atoms. The van der Waals surface area contributed by atoms with E-state index in [1.165, 1.54) is 12.8 Å². The van der Waals surface area contributed by atoms with Crippen molar-refractivity contribution in [1.82, 2.24) is 19.9 Å². The van der Waals surface area contributed by atoms with Crippen molar-refractivity contribution in [2.45, 2.75) is 25.3 Å². The SMILES string of the molecule is OCC1CCCCN1CCNc1nccc(-c2ccccn2)n1. The molecule has 122 valence electrons. The van der Waals surface area contributed by atoms with Gasteiger partial charge in [0.15, 0.2) is 0 Å². The summed E-state index contributed by atoms with van der Waals surface area (Å²) >= 11 is 0. The van der Waals surface area contributed by atoms with Crippen LogP contribution in [0.1, 0.15) is 19.3 Å². The Morgan fingerprint density at radius 2 is 2.09 bits per heavy atom. The molecule has 0 saturated carbocycles. The van der Waals surface area contributed by atoms with Crippen LogP contribution in [0, 0.1) is 0 Å². The highest BCUT2D eigenvalue weighted by Crippen LogP contribution is 2.16. The molecule has 1 unspecified atom stereocenters. The monoisotopic (exact) mass is 313 g/mol. The Bertz CT molecular complexity index is 607. The first-order valence-corrected chi connectivity index (χ1v) is 8.20. The second kappa shape index (κ2) is 7.99. The highest BCUT2D eigenvalue weighted by atomic mass is 16.3. The third-order valence-electron chi connectivity index (χ3n) is 4.22. The van der Waals surface area contributed by atoms with Crippen molar-refractivity contribution in [1.29, 1.82) is 0 Å². The summed E-state index contributed by atoms with van der Waals surface area (Å²) < 4.78 is 0. The topological polar surface area (TPSA) is 74.2 Å². The van der Waals surface area contributed by atoms with Gasteiger partial charge >= 0.3 is 0 Å². The van der Waals surface area contributed by atoms with E-state index in [9.17, 15) is 5.11 Å². The summed E-state index contributed by atoms with van der Waals surface area (Å²) in [5.41, 5.74) is 1.66. The fourth-order valence-electron chi connectivity index (χ4n) is 2.97. The summed E-state index contributed by atoms with van der Waals surface area (Å²) in [5.74, 6) is 0.616. The Kier molecular flexibility index (Phi) is 5.50. The normalized spacial score (nSPS) is 18.7. The number of likely N-dealkylation sites (tertiary alicyclic amines) is 1. The maximum atomic E-state index is 9.45. The van der Waals surface area contributed by atoms with Crippen LogP contribution in [-0.2, 0) is 0 Å². The van der Waals surface area contributed by atoms with Crippen molar-refractivity contribution in [3.05, 3.63) is 36.7 Å². The number of pyridine rings is 1. The van der Waals surface area contributed by atoms with E-state index in [1.54, 1.807) is 12.4 Å². The minimum absolute atomic E-state index is 0.242. The van der Waals surface area contributed by atoms with E-state index in [-0.39, 0.29) is 6.61 Å². The molecule has 1 atom stereocenters. The molecule has 2 aromatic heterocycles. The molecule has 23 heavy (non-hydrogen) atoms. The van der Waals surface area contributed by atoms with Gasteiger partial charge in [0, 0.05) is 31.5 Å². The molecule has 0 aromatic carbocycles. The van der Waals surface area contributed by atoms with Gasteiger partial charge in [0.25, 0.3) is 0 Å². The zero-order valence-corrected chi connectivity index (χ0v) is 13.2. The van der Waals surface area contributed by atoms with E-state index in [0.717, 1.165) is 37.4 Å². The lowest BCUT2D eigenvalue weighted by Gasteiger charge is -2.34. The van der Waals surface area contributed by atoms with Gasteiger partial charge in [-0.3, -0.25) is 9.88 Å². The molecule has 0 aliphatic carbocycles. The average Bonchev–Trinajstić information content (AvgIpc) is 2.63. The number of nitrogens with zero attached hydrogens (tertiary/aromatic N) is 4. The second-order valence-electron chi connectivity index (χ2n) is 5.78. The first-order valence-electron chi connectivity index (χ1n) is 8.20. The lowest BCUT2D eigenvalue weighted by molar-refractivity contribution is 0.0940. The second-order valence-corrected chi connectivity index (χ2v) is 5.78. The van der Waals surface area contributed by atoms with Crippen molar-refractivity contribution >= 4 is 5.95 Å². The van der Waals surface area contributed by atoms with Gasteiger partial charge in [-0.15, -0.1) is 0 Å². The molecule has 1 aliphatic heterocycles. The van der Waals surface area contributed by atoms with Crippen LogP contribution < -0.4 is 5.32 Å². The molecular weight excluding hydrogens is 290 g/mol. The van der Waals surface area contributed by atoms with Crippen molar-refractivity contribution in [2.75, 3.05) is 31.6 Å². The van der Waals surface area contributed by atoms with E-state index < -0.39 is 0 Å². The van der Waals surface area contributed by atoms with Crippen LogP contribution in [0.25, 0.3) is 11.4 Å². The molecule has 0 bridgehead atoms. The number of anilines is 1. The minimum Gasteiger partial charge on any atom is -0.395 e. The van der Waals surface area contributed by atoms with Crippen LogP contribution in [0.5, 0.6) is 0 Å². The van der Waals surface area contributed by atoms with E-state index in [0.29, 0.717) is 12.0 Å². The fourth-order valence-corrected chi connectivity index (χ4v) is 2.97. The number of nitrogens with one attached hydrogen (secondary N) is 1. The van der Waals surface area contributed by atoms with E-state index in [2.05, 4.69) is 25.2 Å². The van der Waals surface area contributed by atoms with Gasteiger partial charge < -0.3 is 10.4 Å². The van der Waals surface area contributed by atoms with Crippen LogP contribution >= 0.6 is 0 Å². The summed E-state index contributed by atoms with van der Waals surface area (Å²) in [4.78, 5) is 15.4. The number of hydrogen-bond donors (Lipinski definition) is 2. The standard InChI is InChI=1S/C17H23N5O/c23-13-14-5-2-4-11-22(14)12-10-20-17-19-9-7-16(21-17)15-6-1-3-8-18-15/h1,3,6-9,14,23H,2,4-5,10-13H2,(H,19,20,21). The molecule has 1 saturated heterocycles. The van der Waals surface area contributed by atoms with Crippen LogP contribution in [0.3, 0.4) is 0 Å². The molecule has 1 fully saturated rings. The van der Waals surface area contributed by atoms with Crippen LogP contribution in [0.15, 0.2) is 36.7 Å². The molecule has 1 aliphatic rings. The summed E-state index contributed by atoms with van der Waals surface area (Å²) in [6.45, 7) is 2.96. The van der Waals surface area contributed by atoms with Crippen molar-refractivity contribution in [3.8, 4) is 11.4 Å². The third kappa shape index (κ3) is 4.24. The maximum absolute atomic E-state index is 9.45. The quantitative estimate of drug-likeness (QED) is 0.847. The van der Waals surface area contributed by atoms with Crippen molar-refractivity contribution in [3.63, 3.8) is 0 Å². The first-order chi connectivity index (χ1) is 11.4. The molecule has 3 heterocycles. The molecule has 0 radical (unpaired) electrons. The van der Waals surface area contributed by atoms with Gasteiger partial charge in [-0.2, -0.15) is 0 Å². The molecule has 6 heteroatoms. The zero-order chi connectivity index (χ0) is 15.9. The minimum atomic E-state index is 0.242. The highest BCUT2D eigenvalue weighted by molar-refractivity contribution is 5.54. The number of rotatable bonds is 6. The van der Waals surface area contributed by atoms with E-state index in [4.69, 9.17) is 0 Å². The van der Waals surface area contributed by atoms with Crippen molar-refractivity contribution in [2.24, 2.45) is 0 Å². The zero-order valence-electron chi connectivity index (χ0n) is 13.2. The molecule has 3 rings (SSSR count). The van der Waals surface area contributed by atoms with Gasteiger partial charge in [-0.1, -0.05) is 12.5 Å². The lowest BCUT2D eigenvalue weighted by atomic mass is 10.0. The van der Waals surface area contributed by atoms with Crippen LogP contribution in [-0.4, -0.2) is 57.2 Å².